The maximum absolute atomic E-state index is 12.9. The van der Waals surface area contributed by atoms with Crippen molar-refractivity contribution in [3.8, 4) is 5.75 Å². The molecule has 12 nitrogen and oxygen atoms in total. The van der Waals surface area contributed by atoms with Crippen molar-refractivity contribution in [3.63, 3.8) is 0 Å². The SMILES string of the molecule is CC(C)(C)OC(=O)N1CCN(c2ncnc3c2C(C=Nc2ccc(Cl)c(OCCCCC(=O)O)c2)C(=O)N3)CC1. The molecule has 0 spiro atoms. The molecule has 214 valence electrons. The minimum atomic E-state index is -0.844. The highest BCUT2D eigenvalue weighted by molar-refractivity contribution is 6.32. The molecule has 0 aliphatic carbocycles. The number of carboxylic acid groups (broad SMARTS) is 1. The predicted molar refractivity (Wildman–Crippen MR) is 150 cm³/mol. The third kappa shape index (κ3) is 7.38. The van der Waals surface area contributed by atoms with Gasteiger partial charge in [-0.05, 0) is 45.7 Å². The lowest BCUT2D eigenvalue weighted by Crippen LogP contribution is -2.50. The summed E-state index contributed by atoms with van der Waals surface area (Å²) in [6.07, 6.45) is 3.76. The molecule has 0 radical (unpaired) electrons. The summed E-state index contributed by atoms with van der Waals surface area (Å²) in [6.45, 7) is 7.77. The second-order valence-corrected chi connectivity index (χ2v) is 10.9. The molecule has 1 saturated heterocycles. The van der Waals surface area contributed by atoms with E-state index in [1.807, 2.05) is 25.7 Å². The van der Waals surface area contributed by atoms with Crippen LogP contribution in [0.3, 0.4) is 0 Å². The van der Waals surface area contributed by atoms with E-state index in [4.69, 9.17) is 26.2 Å². The van der Waals surface area contributed by atoms with Crippen LogP contribution in [0, 0.1) is 0 Å². The molecule has 0 saturated carbocycles. The molecule has 2 N–H and O–H groups in total. The second-order valence-electron chi connectivity index (χ2n) is 10.5. The summed E-state index contributed by atoms with van der Waals surface area (Å²) in [4.78, 5) is 53.0. The number of nitrogens with zero attached hydrogens (tertiary/aromatic N) is 5. The van der Waals surface area contributed by atoms with Gasteiger partial charge in [-0.2, -0.15) is 0 Å². The topological polar surface area (TPSA) is 147 Å². The molecular formula is C27H33ClN6O6. The molecule has 4 rings (SSSR count). The van der Waals surface area contributed by atoms with Crippen LogP contribution in [0.4, 0.5) is 22.1 Å². The molecule has 1 aromatic carbocycles. The van der Waals surface area contributed by atoms with E-state index in [0.29, 0.717) is 79.3 Å². The van der Waals surface area contributed by atoms with Gasteiger partial charge < -0.3 is 29.7 Å². The highest BCUT2D eigenvalue weighted by atomic mass is 35.5. The summed E-state index contributed by atoms with van der Waals surface area (Å²) in [5.74, 6) is -0.353. The van der Waals surface area contributed by atoms with Crippen molar-refractivity contribution < 1.29 is 29.0 Å². The number of benzene rings is 1. The van der Waals surface area contributed by atoms with Gasteiger partial charge in [0, 0.05) is 44.9 Å². The maximum atomic E-state index is 12.9. The highest BCUT2D eigenvalue weighted by Crippen LogP contribution is 2.37. The zero-order chi connectivity index (χ0) is 28.9. The van der Waals surface area contributed by atoms with Gasteiger partial charge in [-0.1, -0.05) is 11.6 Å². The summed E-state index contributed by atoms with van der Waals surface area (Å²) >= 11 is 6.26. The summed E-state index contributed by atoms with van der Waals surface area (Å²) in [5.41, 5.74) is 0.598. The number of halogens is 1. The molecule has 1 fully saturated rings. The molecule has 2 aliphatic rings. The van der Waals surface area contributed by atoms with Gasteiger partial charge in [0.05, 0.1) is 22.9 Å². The number of anilines is 2. The van der Waals surface area contributed by atoms with Crippen LogP contribution in [-0.4, -0.2) is 82.5 Å². The third-order valence-electron chi connectivity index (χ3n) is 6.26. The van der Waals surface area contributed by atoms with E-state index >= 15 is 0 Å². The van der Waals surface area contributed by atoms with Crippen LogP contribution in [-0.2, 0) is 14.3 Å². The number of nitrogens with one attached hydrogen (secondary N) is 1. The van der Waals surface area contributed by atoms with Crippen LogP contribution in [0.1, 0.15) is 51.5 Å². The molecular weight excluding hydrogens is 540 g/mol. The summed E-state index contributed by atoms with van der Waals surface area (Å²) in [7, 11) is 0. The van der Waals surface area contributed by atoms with E-state index in [1.165, 1.54) is 6.33 Å². The zero-order valence-corrected chi connectivity index (χ0v) is 23.5. The average molecular weight is 573 g/mol. The number of piperazine rings is 1. The summed E-state index contributed by atoms with van der Waals surface area (Å²) in [5, 5.41) is 12.0. The Morgan fingerprint density at radius 3 is 2.65 bits per heavy atom. The molecule has 0 bridgehead atoms. The first-order valence-electron chi connectivity index (χ1n) is 13.1. The number of aromatic nitrogens is 2. The minimum Gasteiger partial charge on any atom is -0.492 e. The number of unbranched alkanes of at least 4 members (excludes halogenated alkanes) is 1. The minimum absolute atomic E-state index is 0.0808. The molecule has 1 unspecified atom stereocenters. The summed E-state index contributed by atoms with van der Waals surface area (Å²) in [6, 6.07) is 5.03. The van der Waals surface area contributed by atoms with Crippen molar-refractivity contribution in [1.82, 2.24) is 14.9 Å². The van der Waals surface area contributed by atoms with E-state index in [1.54, 1.807) is 29.3 Å². The molecule has 40 heavy (non-hydrogen) atoms. The molecule has 2 amide bonds. The number of aliphatic imine (C=N–C) groups is 1. The number of carbonyl (C=O) groups excluding carboxylic acids is 2. The van der Waals surface area contributed by atoms with Crippen molar-refractivity contribution in [1.29, 1.82) is 0 Å². The van der Waals surface area contributed by atoms with Crippen LogP contribution in [0.15, 0.2) is 29.5 Å². The van der Waals surface area contributed by atoms with Crippen LogP contribution < -0.4 is 15.0 Å². The third-order valence-corrected chi connectivity index (χ3v) is 6.57. The monoisotopic (exact) mass is 572 g/mol. The van der Waals surface area contributed by atoms with E-state index < -0.39 is 17.5 Å². The first-order valence-corrected chi connectivity index (χ1v) is 13.5. The molecule has 1 atom stereocenters. The first-order chi connectivity index (χ1) is 19.0. The lowest BCUT2D eigenvalue weighted by molar-refractivity contribution is -0.137. The van der Waals surface area contributed by atoms with Crippen molar-refractivity contribution in [2.24, 2.45) is 4.99 Å². The Hall–Kier alpha value is -3.93. The fraction of sp³-hybridized carbons (Fsp3) is 0.481. The van der Waals surface area contributed by atoms with Crippen molar-refractivity contribution in [2.75, 3.05) is 43.0 Å². The highest BCUT2D eigenvalue weighted by Gasteiger charge is 2.36. The van der Waals surface area contributed by atoms with Crippen molar-refractivity contribution >= 4 is 53.1 Å². The van der Waals surface area contributed by atoms with Gasteiger partial charge in [-0.15, -0.1) is 0 Å². The van der Waals surface area contributed by atoms with Crippen LogP contribution >= 0.6 is 11.6 Å². The molecule has 2 aliphatic heterocycles. The first kappa shape index (κ1) is 29.1. The van der Waals surface area contributed by atoms with Gasteiger partial charge in [-0.25, -0.2) is 14.8 Å². The molecule has 2 aromatic rings. The van der Waals surface area contributed by atoms with Crippen molar-refractivity contribution in [2.45, 2.75) is 51.6 Å². The number of amides is 2. The van der Waals surface area contributed by atoms with E-state index in [0.717, 1.165) is 0 Å². The fourth-order valence-electron chi connectivity index (χ4n) is 4.32. The fourth-order valence-corrected chi connectivity index (χ4v) is 4.50. The van der Waals surface area contributed by atoms with Gasteiger partial charge in [0.1, 0.15) is 35.2 Å². The van der Waals surface area contributed by atoms with E-state index in [-0.39, 0.29) is 18.4 Å². The second kappa shape index (κ2) is 12.5. The number of fused-ring (bicyclic) bond motifs is 1. The Morgan fingerprint density at radius 1 is 1.20 bits per heavy atom. The number of hydrogen-bond donors (Lipinski definition) is 2. The molecule has 13 heteroatoms. The van der Waals surface area contributed by atoms with Gasteiger partial charge in [0.25, 0.3) is 0 Å². The Morgan fingerprint density at radius 2 is 1.95 bits per heavy atom. The Balaban J connectivity index is 1.45. The number of rotatable bonds is 9. The van der Waals surface area contributed by atoms with Gasteiger partial charge in [0.15, 0.2) is 0 Å². The standard InChI is InChI=1S/C27H33ClN6O6/c1-27(2,3)40-26(38)34-11-9-33(10-12-34)24-22-18(25(37)32-23(22)30-16-31-24)15-29-17-7-8-19(28)20(14-17)39-13-5-4-6-21(35)36/h7-8,14-16,18H,4-6,9-13H2,1-3H3,(H,35,36)(H,30,31,32,37). The zero-order valence-electron chi connectivity index (χ0n) is 22.7. The van der Waals surface area contributed by atoms with Crippen LogP contribution in [0.5, 0.6) is 5.75 Å². The average Bonchev–Trinajstić information content (AvgIpc) is 3.22. The lowest BCUT2D eigenvalue weighted by atomic mass is 10.0. The van der Waals surface area contributed by atoms with Crippen LogP contribution in [0.2, 0.25) is 5.02 Å². The number of hydrogen-bond acceptors (Lipinski definition) is 9. The van der Waals surface area contributed by atoms with E-state index in [9.17, 15) is 14.4 Å². The number of ether oxygens (including phenoxy) is 2. The van der Waals surface area contributed by atoms with Crippen molar-refractivity contribution in [3.05, 3.63) is 35.1 Å². The number of aliphatic carboxylic acids is 1. The van der Waals surface area contributed by atoms with Gasteiger partial charge >= 0.3 is 12.1 Å². The lowest BCUT2D eigenvalue weighted by Gasteiger charge is -2.36. The number of carboxylic acids is 1. The quantitative estimate of drug-likeness (QED) is 0.332. The molecule has 3 heterocycles. The van der Waals surface area contributed by atoms with Crippen LogP contribution in [0.25, 0.3) is 0 Å². The predicted octanol–water partition coefficient (Wildman–Crippen LogP) is 4.26. The maximum Gasteiger partial charge on any atom is 0.410 e. The Kier molecular flexibility index (Phi) is 9.08. The smallest absolute Gasteiger partial charge is 0.410 e. The number of carbonyl (C=O) groups is 3. The largest absolute Gasteiger partial charge is 0.492 e. The van der Waals surface area contributed by atoms with E-state index in [2.05, 4.69) is 20.3 Å². The molecule has 1 aromatic heterocycles. The van der Waals surface area contributed by atoms with Gasteiger partial charge in [-0.3, -0.25) is 14.6 Å². The van der Waals surface area contributed by atoms with Gasteiger partial charge in [0.2, 0.25) is 5.91 Å². The normalized spacial score (nSPS) is 17.1. The summed E-state index contributed by atoms with van der Waals surface area (Å²) < 4.78 is 11.2. The Bertz CT molecular complexity index is 1290. The Labute approximate surface area is 237 Å².